The standard InChI is InChI=1S/C11H11BrClNO/c1-2-7-5-8-10(3-4-13)14-15-11(8)9(12)6-7/h5-6H,2-4H2,1H3. The molecule has 0 atom stereocenters. The number of hydrogen-bond acceptors (Lipinski definition) is 2. The van der Waals surface area contributed by atoms with Gasteiger partial charge in [0.05, 0.1) is 10.2 Å². The van der Waals surface area contributed by atoms with Crippen LogP contribution in [0.2, 0.25) is 0 Å². The fourth-order valence-electron chi connectivity index (χ4n) is 1.58. The van der Waals surface area contributed by atoms with Crippen molar-refractivity contribution in [1.82, 2.24) is 5.16 Å². The second kappa shape index (κ2) is 4.54. The number of benzene rings is 1. The van der Waals surface area contributed by atoms with Crippen molar-refractivity contribution in [2.75, 3.05) is 5.88 Å². The normalized spacial score (nSPS) is 11.1. The molecule has 0 fully saturated rings. The van der Waals surface area contributed by atoms with E-state index >= 15 is 0 Å². The Kier molecular flexibility index (Phi) is 3.32. The first-order valence-electron chi connectivity index (χ1n) is 4.89. The van der Waals surface area contributed by atoms with Gasteiger partial charge < -0.3 is 4.52 Å². The quantitative estimate of drug-likeness (QED) is 0.800. The summed E-state index contributed by atoms with van der Waals surface area (Å²) in [6.07, 6.45) is 1.74. The van der Waals surface area contributed by atoms with Gasteiger partial charge in [-0.25, -0.2) is 0 Å². The van der Waals surface area contributed by atoms with Crippen LogP contribution in [-0.4, -0.2) is 11.0 Å². The average Bonchev–Trinajstić information content (AvgIpc) is 2.63. The molecule has 1 aromatic carbocycles. The van der Waals surface area contributed by atoms with Crippen LogP contribution in [0.5, 0.6) is 0 Å². The van der Waals surface area contributed by atoms with Gasteiger partial charge in [-0.1, -0.05) is 12.1 Å². The second-order valence-electron chi connectivity index (χ2n) is 3.38. The second-order valence-corrected chi connectivity index (χ2v) is 4.61. The van der Waals surface area contributed by atoms with Gasteiger partial charge in [0.2, 0.25) is 0 Å². The first-order chi connectivity index (χ1) is 7.26. The molecule has 2 aromatic rings. The Morgan fingerprint density at radius 2 is 2.27 bits per heavy atom. The first kappa shape index (κ1) is 11.0. The number of nitrogens with zero attached hydrogens (tertiary/aromatic N) is 1. The molecule has 0 radical (unpaired) electrons. The van der Waals surface area contributed by atoms with Gasteiger partial charge in [0.1, 0.15) is 0 Å². The largest absolute Gasteiger partial charge is 0.355 e. The minimum Gasteiger partial charge on any atom is -0.355 e. The maximum atomic E-state index is 5.71. The zero-order chi connectivity index (χ0) is 10.8. The number of fused-ring (bicyclic) bond motifs is 1. The molecule has 0 saturated heterocycles. The molecule has 0 aliphatic rings. The molecule has 0 spiro atoms. The maximum Gasteiger partial charge on any atom is 0.181 e. The number of aryl methyl sites for hydroxylation is 2. The Labute approximate surface area is 102 Å². The van der Waals surface area contributed by atoms with Crippen molar-refractivity contribution in [3.8, 4) is 0 Å². The lowest BCUT2D eigenvalue weighted by atomic mass is 10.1. The van der Waals surface area contributed by atoms with E-state index < -0.39 is 0 Å². The van der Waals surface area contributed by atoms with Gasteiger partial charge in [0.15, 0.2) is 5.58 Å². The molecule has 0 saturated carbocycles. The molecule has 0 bridgehead atoms. The fourth-order valence-corrected chi connectivity index (χ4v) is 2.34. The highest BCUT2D eigenvalue weighted by Crippen LogP contribution is 2.28. The highest BCUT2D eigenvalue weighted by molar-refractivity contribution is 9.10. The lowest BCUT2D eigenvalue weighted by molar-refractivity contribution is 0.446. The van der Waals surface area contributed by atoms with Crippen molar-refractivity contribution >= 4 is 38.5 Å². The molecule has 0 N–H and O–H groups in total. The summed E-state index contributed by atoms with van der Waals surface area (Å²) in [5, 5.41) is 5.10. The van der Waals surface area contributed by atoms with Gasteiger partial charge in [-0.3, -0.25) is 0 Å². The highest BCUT2D eigenvalue weighted by Gasteiger charge is 2.11. The third kappa shape index (κ3) is 2.04. The summed E-state index contributed by atoms with van der Waals surface area (Å²) in [5.41, 5.74) is 3.02. The number of rotatable bonds is 3. The van der Waals surface area contributed by atoms with Crippen LogP contribution in [-0.2, 0) is 12.8 Å². The van der Waals surface area contributed by atoms with Crippen LogP contribution in [0, 0.1) is 0 Å². The van der Waals surface area contributed by atoms with E-state index in [4.69, 9.17) is 16.1 Å². The van der Waals surface area contributed by atoms with Crippen LogP contribution < -0.4 is 0 Å². The summed E-state index contributed by atoms with van der Waals surface area (Å²) in [6, 6.07) is 4.19. The zero-order valence-corrected chi connectivity index (χ0v) is 10.7. The van der Waals surface area contributed by atoms with Gasteiger partial charge in [-0.15, -0.1) is 11.6 Å². The number of alkyl halides is 1. The van der Waals surface area contributed by atoms with Crippen LogP contribution in [0.3, 0.4) is 0 Å². The predicted octanol–water partition coefficient (Wildman–Crippen LogP) is 3.93. The van der Waals surface area contributed by atoms with Gasteiger partial charge in [0, 0.05) is 17.7 Å². The zero-order valence-electron chi connectivity index (χ0n) is 8.39. The molecule has 15 heavy (non-hydrogen) atoms. The van der Waals surface area contributed by atoms with Crippen molar-refractivity contribution in [3.05, 3.63) is 27.9 Å². The van der Waals surface area contributed by atoms with Gasteiger partial charge >= 0.3 is 0 Å². The van der Waals surface area contributed by atoms with Crippen molar-refractivity contribution < 1.29 is 4.52 Å². The van der Waals surface area contributed by atoms with E-state index in [0.717, 1.165) is 34.0 Å². The van der Waals surface area contributed by atoms with Crippen molar-refractivity contribution in [3.63, 3.8) is 0 Å². The van der Waals surface area contributed by atoms with Crippen LogP contribution in [0.15, 0.2) is 21.1 Å². The first-order valence-corrected chi connectivity index (χ1v) is 6.21. The minimum absolute atomic E-state index is 0.565. The molecule has 0 aliphatic heterocycles. The van der Waals surface area contributed by atoms with E-state index in [9.17, 15) is 0 Å². The lowest BCUT2D eigenvalue weighted by Crippen LogP contribution is -1.87. The number of halogens is 2. The van der Waals surface area contributed by atoms with E-state index in [2.05, 4.69) is 40.1 Å². The number of aromatic nitrogens is 1. The summed E-state index contributed by atoms with van der Waals surface area (Å²) in [7, 11) is 0. The van der Waals surface area contributed by atoms with Crippen molar-refractivity contribution in [1.29, 1.82) is 0 Å². The van der Waals surface area contributed by atoms with E-state index in [1.807, 2.05) is 0 Å². The molecule has 0 amide bonds. The molecule has 0 aliphatic carbocycles. The smallest absolute Gasteiger partial charge is 0.181 e. The third-order valence-electron chi connectivity index (χ3n) is 2.40. The summed E-state index contributed by atoms with van der Waals surface area (Å²) >= 11 is 9.20. The van der Waals surface area contributed by atoms with E-state index in [1.54, 1.807) is 0 Å². The number of hydrogen-bond donors (Lipinski definition) is 0. The Hall–Kier alpha value is -0.540. The Bertz CT molecular complexity index is 481. The van der Waals surface area contributed by atoms with Crippen molar-refractivity contribution in [2.24, 2.45) is 0 Å². The molecule has 4 heteroatoms. The van der Waals surface area contributed by atoms with Crippen LogP contribution in [0.1, 0.15) is 18.2 Å². The molecule has 0 unspecified atom stereocenters. The molecule has 2 rings (SSSR count). The molecule has 2 nitrogen and oxygen atoms in total. The van der Waals surface area contributed by atoms with Crippen LogP contribution in [0.4, 0.5) is 0 Å². The molecule has 1 aromatic heterocycles. The van der Waals surface area contributed by atoms with Crippen molar-refractivity contribution in [2.45, 2.75) is 19.8 Å². The highest BCUT2D eigenvalue weighted by atomic mass is 79.9. The maximum absolute atomic E-state index is 5.71. The SMILES string of the molecule is CCc1cc(Br)c2onc(CCCl)c2c1. The van der Waals surface area contributed by atoms with Gasteiger partial charge in [-0.2, -0.15) is 0 Å². The monoisotopic (exact) mass is 287 g/mol. The Balaban J connectivity index is 2.61. The summed E-state index contributed by atoms with van der Waals surface area (Å²) in [4.78, 5) is 0. The molecular formula is C11H11BrClNO. The average molecular weight is 289 g/mol. The molecular weight excluding hydrogens is 277 g/mol. The minimum atomic E-state index is 0.565. The van der Waals surface area contributed by atoms with E-state index in [-0.39, 0.29) is 0 Å². The molecule has 1 heterocycles. The van der Waals surface area contributed by atoms with Gasteiger partial charge in [-0.05, 0) is 40.0 Å². The van der Waals surface area contributed by atoms with Crippen LogP contribution >= 0.6 is 27.5 Å². The lowest BCUT2D eigenvalue weighted by Gasteiger charge is -1.99. The summed E-state index contributed by atoms with van der Waals surface area (Å²) in [6.45, 7) is 2.13. The Morgan fingerprint density at radius 1 is 1.47 bits per heavy atom. The summed E-state index contributed by atoms with van der Waals surface area (Å²) in [5.74, 6) is 0.565. The topological polar surface area (TPSA) is 26.0 Å². The van der Waals surface area contributed by atoms with Gasteiger partial charge in [0.25, 0.3) is 0 Å². The Morgan fingerprint density at radius 3 is 2.93 bits per heavy atom. The van der Waals surface area contributed by atoms with E-state index in [0.29, 0.717) is 5.88 Å². The summed E-state index contributed by atoms with van der Waals surface area (Å²) < 4.78 is 6.24. The van der Waals surface area contributed by atoms with Crippen LogP contribution in [0.25, 0.3) is 11.0 Å². The fraction of sp³-hybridized carbons (Fsp3) is 0.364. The third-order valence-corrected chi connectivity index (χ3v) is 3.18. The molecule has 80 valence electrons. The predicted molar refractivity (Wildman–Crippen MR) is 65.5 cm³/mol. The van der Waals surface area contributed by atoms with E-state index in [1.165, 1.54) is 5.56 Å².